The molecule has 0 bridgehead atoms. The molecule has 1 atom stereocenters. The molecule has 0 aliphatic carbocycles. The Hall–Kier alpha value is -1.39. The standard InChI is InChI=1S/C15H21NO3/c1-12-10-16(8-5-9-19-12)11-14(17)13-6-3-4-7-15(13)18-2/h3-4,6-7,12H,5,8-11H2,1-2H3. The lowest BCUT2D eigenvalue weighted by atomic mass is 10.1. The van der Waals surface area contributed by atoms with E-state index < -0.39 is 0 Å². The zero-order valence-corrected chi connectivity index (χ0v) is 11.6. The lowest BCUT2D eigenvalue weighted by Crippen LogP contribution is -2.34. The summed E-state index contributed by atoms with van der Waals surface area (Å²) >= 11 is 0. The molecule has 1 aromatic rings. The zero-order valence-electron chi connectivity index (χ0n) is 11.6. The fraction of sp³-hybridized carbons (Fsp3) is 0.533. The number of hydrogen-bond donors (Lipinski definition) is 0. The first-order chi connectivity index (χ1) is 9.20. The molecule has 104 valence electrons. The van der Waals surface area contributed by atoms with E-state index in [-0.39, 0.29) is 11.9 Å². The van der Waals surface area contributed by atoms with Crippen LogP contribution >= 0.6 is 0 Å². The maximum atomic E-state index is 12.3. The number of Topliss-reactive ketones (excluding diaryl/α,β-unsaturated/α-hetero) is 1. The molecule has 0 aromatic heterocycles. The Morgan fingerprint density at radius 3 is 3.05 bits per heavy atom. The van der Waals surface area contributed by atoms with Crippen molar-refractivity contribution in [2.45, 2.75) is 19.4 Å². The Balaban J connectivity index is 2.03. The van der Waals surface area contributed by atoms with Crippen molar-refractivity contribution >= 4 is 5.78 Å². The van der Waals surface area contributed by atoms with Crippen molar-refractivity contribution in [3.05, 3.63) is 29.8 Å². The van der Waals surface area contributed by atoms with E-state index in [4.69, 9.17) is 9.47 Å². The summed E-state index contributed by atoms with van der Waals surface area (Å²) in [6, 6.07) is 7.38. The van der Waals surface area contributed by atoms with Gasteiger partial charge in [0, 0.05) is 19.7 Å². The van der Waals surface area contributed by atoms with Crippen LogP contribution in [0, 0.1) is 0 Å². The summed E-state index contributed by atoms with van der Waals surface area (Å²) in [5.74, 6) is 0.748. The fourth-order valence-electron chi connectivity index (χ4n) is 2.39. The van der Waals surface area contributed by atoms with E-state index in [2.05, 4.69) is 4.90 Å². The molecule has 4 nitrogen and oxygen atoms in total. The molecule has 1 saturated heterocycles. The monoisotopic (exact) mass is 263 g/mol. The number of rotatable bonds is 4. The maximum absolute atomic E-state index is 12.3. The van der Waals surface area contributed by atoms with Crippen LogP contribution in [0.15, 0.2) is 24.3 Å². The molecule has 0 spiro atoms. The van der Waals surface area contributed by atoms with Crippen LogP contribution in [-0.4, -0.2) is 50.1 Å². The average molecular weight is 263 g/mol. The number of para-hydroxylation sites is 1. The number of carbonyl (C=O) groups is 1. The van der Waals surface area contributed by atoms with Crippen molar-refractivity contribution in [1.82, 2.24) is 4.90 Å². The highest BCUT2D eigenvalue weighted by Crippen LogP contribution is 2.18. The Morgan fingerprint density at radius 1 is 1.47 bits per heavy atom. The maximum Gasteiger partial charge on any atom is 0.180 e. The van der Waals surface area contributed by atoms with Crippen molar-refractivity contribution in [1.29, 1.82) is 0 Å². The molecule has 1 heterocycles. The number of benzene rings is 1. The van der Waals surface area contributed by atoms with Gasteiger partial charge in [-0.2, -0.15) is 0 Å². The van der Waals surface area contributed by atoms with Crippen molar-refractivity contribution in [3.8, 4) is 5.75 Å². The van der Waals surface area contributed by atoms with Crippen LogP contribution in [0.5, 0.6) is 5.75 Å². The molecule has 0 amide bonds. The minimum Gasteiger partial charge on any atom is -0.496 e. The van der Waals surface area contributed by atoms with Gasteiger partial charge in [0.1, 0.15) is 5.75 Å². The van der Waals surface area contributed by atoms with E-state index in [1.165, 1.54) is 0 Å². The molecular formula is C15H21NO3. The topological polar surface area (TPSA) is 38.8 Å². The predicted octanol–water partition coefficient (Wildman–Crippen LogP) is 1.99. The molecule has 0 radical (unpaired) electrons. The van der Waals surface area contributed by atoms with Gasteiger partial charge in [0.15, 0.2) is 5.78 Å². The first-order valence-corrected chi connectivity index (χ1v) is 6.71. The first-order valence-electron chi connectivity index (χ1n) is 6.71. The van der Waals surface area contributed by atoms with Crippen molar-refractivity contribution in [2.24, 2.45) is 0 Å². The highest BCUT2D eigenvalue weighted by atomic mass is 16.5. The van der Waals surface area contributed by atoms with Crippen LogP contribution in [0.4, 0.5) is 0 Å². The highest BCUT2D eigenvalue weighted by Gasteiger charge is 2.19. The van der Waals surface area contributed by atoms with E-state index in [1.54, 1.807) is 7.11 Å². The third-order valence-electron chi connectivity index (χ3n) is 3.31. The summed E-state index contributed by atoms with van der Waals surface area (Å²) in [4.78, 5) is 14.5. The van der Waals surface area contributed by atoms with Crippen molar-refractivity contribution in [3.63, 3.8) is 0 Å². The number of nitrogens with zero attached hydrogens (tertiary/aromatic N) is 1. The molecule has 1 aromatic carbocycles. The van der Waals surface area contributed by atoms with Gasteiger partial charge in [-0.3, -0.25) is 9.69 Å². The molecule has 2 rings (SSSR count). The predicted molar refractivity (Wildman–Crippen MR) is 73.8 cm³/mol. The minimum absolute atomic E-state index is 0.103. The molecule has 0 N–H and O–H groups in total. The van der Waals surface area contributed by atoms with E-state index >= 15 is 0 Å². The molecule has 1 fully saturated rings. The lowest BCUT2D eigenvalue weighted by Gasteiger charge is -2.21. The van der Waals surface area contributed by atoms with Crippen molar-refractivity contribution < 1.29 is 14.3 Å². The van der Waals surface area contributed by atoms with Gasteiger partial charge in [0.2, 0.25) is 0 Å². The molecule has 0 saturated carbocycles. The second kappa shape index (κ2) is 6.68. The van der Waals surface area contributed by atoms with Gasteiger partial charge < -0.3 is 9.47 Å². The Labute approximate surface area is 114 Å². The second-order valence-electron chi connectivity index (χ2n) is 4.89. The third-order valence-corrected chi connectivity index (χ3v) is 3.31. The minimum atomic E-state index is 0.103. The van der Waals surface area contributed by atoms with Gasteiger partial charge in [-0.25, -0.2) is 0 Å². The van der Waals surface area contributed by atoms with E-state index in [9.17, 15) is 4.79 Å². The van der Waals surface area contributed by atoms with Gasteiger partial charge >= 0.3 is 0 Å². The molecular weight excluding hydrogens is 242 g/mol. The van der Waals surface area contributed by atoms with Crippen molar-refractivity contribution in [2.75, 3.05) is 33.4 Å². The van der Waals surface area contributed by atoms with Crippen LogP contribution in [0.2, 0.25) is 0 Å². The molecule has 1 unspecified atom stereocenters. The average Bonchev–Trinajstić information content (AvgIpc) is 2.63. The van der Waals surface area contributed by atoms with Gasteiger partial charge in [-0.15, -0.1) is 0 Å². The van der Waals surface area contributed by atoms with Crippen LogP contribution < -0.4 is 4.74 Å². The molecule has 4 heteroatoms. The number of hydrogen-bond acceptors (Lipinski definition) is 4. The number of ether oxygens (including phenoxy) is 2. The quantitative estimate of drug-likeness (QED) is 0.779. The summed E-state index contributed by atoms with van der Waals surface area (Å²) in [5.41, 5.74) is 0.655. The SMILES string of the molecule is COc1ccccc1C(=O)CN1CCCOC(C)C1. The second-order valence-corrected chi connectivity index (χ2v) is 4.89. The molecule has 19 heavy (non-hydrogen) atoms. The van der Waals surface area contributed by atoms with Crippen LogP contribution in [0.25, 0.3) is 0 Å². The smallest absolute Gasteiger partial charge is 0.180 e. The van der Waals surface area contributed by atoms with E-state index in [0.717, 1.165) is 26.1 Å². The summed E-state index contributed by atoms with van der Waals surface area (Å²) in [6.07, 6.45) is 1.16. The first kappa shape index (κ1) is 14.0. The largest absolute Gasteiger partial charge is 0.496 e. The summed E-state index contributed by atoms with van der Waals surface area (Å²) in [6.45, 7) is 4.96. The Bertz CT molecular complexity index is 433. The third kappa shape index (κ3) is 3.78. The van der Waals surface area contributed by atoms with Crippen LogP contribution in [-0.2, 0) is 4.74 Å². The Kier molecular flexibility index (Phi) is 4.93. The van der Waals surface area contributed by atoms with E-state index in [1.807, 2.05) is 31.2 Å². The van der Waals surface area contributed by atoms with Crippen LogP contribution in [0.3, 0.4) is 0 Å². The normalized spacial score (nSPS) is 20.8. The lowest BCUT2D eigenvalue weighted by molar-refractivity contribution is 0.0656. The van der Waals surface area contributed by atoms with Gasteiger partial charge in [0.05, 0.1) is 25.3 Å². The number of carbonyl (C=O) groups excluding carboxylic acids is 1. The van der Waals surface area contributed by atoms with Crippen LogP contribution in [0.1, 0.15) is 23.7 Å². The van der Waals surface area contributed by atoms with E-state index in [0.29, 0.717) is 17.9 Å². The summed E-state index contributed by atoms with van der Waals surface area (Å²) < 4.78 is 10.8. The van der Waals surface area contributed by atoms with Gasteiger partial charge in [0.25, 0.3) is 0 Å². The number of methoxy groups -OCH3 is 1. The molecule has 1 aliphatic heterocycles. The zero-order chi connectivity index (χ0) is 13.7. The number of ketones is 1. The van der Waals surface area contributed by atoms with Gasteiger partial charge in [-0.1, -0.05) is 12.1 Å². The highest BCUT2D eigenvalue weighted by molar-refractivity contribution is 6.00. The Morgan fingerprint density at radius 2 is 2.26 bits per heavy atom. The molecule has 1 aliphatic rings. The summed E-state index contributed by atoms with van der Waals surface area (Å²) in [7, 11) is 1.59. The fourth-order valence-corrected chi connectivity index (χ4v) is 2.39. The summed E-state index contributed by atoms with van der Waals surface area (Å²) in [5, 5.41) is 0. The van der Waals surface area contributed by atoms with Gasteiger partial charge in [-0.05, 0) is 25.5 Å².